The summed E-state index contributed by atoms with van der Waals surface area (Å²) in [6.45, 7) is 1.29. The smallest absolute Gasteiger partial charge is 0.129 e. The average Bonchev–Trinajstić information content (AvgIpc) is 2.36. The van der Waals surface area contributed by atoms with Gasteiger partial charge in [-0.3, -0.25) is 0 Å². The minimum absolute atomic E-state index is 0.508. The zero-order chi connectivity index (χ0) is 11.9. The second kappa shape index (κ2) is 6.38. The van der Waals surface area contributed by atoms with Crippen LogP contribution in [-0.2, 0) is 17.8 Å². The quantitative estimate of drug-likeness (QED) is 0.596. The number of pyridine rings is 1. The summed E-state index contributed by atoms with van der Waals surface area (Å²) in [5.74, 6) is 0. The maximum Gasteiger partial charge on any atom is 0.129 e. The van der Waals surface area contributed by atoms with Crippen LogP contribution in [0.2, 0.25) is 5.15 Å². The van der Waals surface area contributed by atoms with Crippen LogP contribution in [-0.4, -0.2) is 11.6 Å². The first-order valence-electron chi connectivity index (χ1n) is 5.57. The van der Waals surface area contributed by atoms with Gasteiger partial charge < -0.3 is 4.74 Å². The summed E-state index contributed by atoms with van der Waals surface area (Å²) >= 11 is 5.79. The molecule has 0 radical (unpaired) electrons. The molecule has 1 aromatic carbocycles. The molecule has 1 aromatic heterocycles. The van der Waals surface area contributed by atoms with E-state index in [-0.39, 0.29) is 0 Å². The molecule has 0 unspecified atom stereocenters. The van der Waals surface area contributed by atoms with E-state index < -0.39 is 0 Å². The molecule has 0 bridgehead atoms. The number of nitrogens with zero attached hydrogens (tertiary/aromatic N) is 1. The number of hydrogen-bond acceptors (Lipinski definition) is 2. The lowest BCUT2D eigenvalue weighted by atomic mass is 10.2. The van der Waals surface area contributed by atoms with Crippen molar-refractivity contribution in [2.24, 2.45) is 0 Å². The Hall–Kier alpha value is -1.38. The largest absolute Gasteiger partial charge is 0.376 e. The monoisotopic (exact) mass is 247 g/mol. The van der Waals surface area contributed by atoms with Gasteiger partial charge in [-0.1, -0.05) is 41.9 Å². The van der Waals surface area contributed by atoms with E-state index in [9.17, 15) is 0 Å². The Morgan fingerprint density at radius 3 is 2.65 bits per heavy atom. The molecule has 0 saturated heterocycles. The topological polar surface area (TPSA) is 22.1 Å². The fourth-order valence-electron chi connectivity index (χ4n) is 1.56. The van der Waals surface area contributed by atoms with Crippen LogP contribution in [0.1, 0.15) is 11.1 Å². The summed E-state index contributed by atoms with van der Waals surface area (Å²) in [4.78, 5) is 3.93. The maximum atomic E-state index is 5.79. The van der Waals surface area contributed by atoms with Crippen molar-refractivity contribution >= 4 is 11.6 Å². The van der Waals surface area contributed by atoms with Gasteiger partial charge in [0.25, 0.3) is 0 Å². The first-order chi connectivity index (χ1) is 8.34. The molecule has 2 aromatic rings. The van der Waals surface area contributed by atoms with Crippen LogP contribution in [0.4, 0.5) is 0 Å². The summed E-state index contributed by atoms with van der Waals surface area (Å²) in [5.41, 5.74) is 2.35. The highest BCUT2D eigenvalue weighted by Crippen LogP contribution is 2.08. The molecule has 3 heteroatoms. The van der Waals surface area contributed by atoms with Gasteiger partial charge in [0.1, 0.15) is 5.15 Å². The van der Waals surface area contributed by atoms with Crippen molar-refractivity contribution in [2.45, 2.75) is 13.0 Å². The van der Waals surface area contributed by atoms with Crippen molar-refractivity contribution in [3.05, 3.63) is 64.9 Å². The molecule has 0 amide bonds. The number of hydrogen-bond donors (Lipinski definition) is 0. The molecule has 0 aliphatic heterocycles. The van der Waals surface area contributed by atoms with Gasteiger partial charge in [0.05, 0.1) is 13.2 Å². The lowest BCUT2D eigenvalue weighted by Crippen LogP contribution is -1.99. The Bertz CT molecular complexity index is 459. The van der Waals surface area contributed by atoms with Crippen LogP contribution in [0.3, 0.4) is 0 Å². The first-order valence-corrected chi connectivity index (χ1v) is 5.94. The van der Waals surface area contributed by atoms with E-state index in [1.54, 1.807) is 6.20 Å². The van der Waals surface area contributed by atoms with Crippen LogP contribution in [0.25, 0.3) is 0 Å². The van der Waals surface area contributed by atoms with Crippen molar-refractivity contribution in [1.82, 2.24) is 4.98 Å². The zero-order valence-electron chi connectivity index (χ0n) is 9.47. The van der Waals surface area contributed by atoms with E-state index >= 15 is 0 Å². The van der Waals surface area contributed by atoms with E-state index in [2.05, 4.69) is 17.1 Å². The molecule has 88 valence electrons. The lowest BCUT2D eigenvalue weighted by Gasteiger charge is -2.04. The molecule has 0 N–H and O–H groups in total. The van der Waals surface area contributed by atoms with E-state index in [1.165, 1.54) is 5.56 Å². The predicted molar refractivity (Wildman–Crippen MR) is 69.0 cm³/mol. The fraction of sp³-hybridized carbons (Fsp3) is 0.214. The van der Waals surface area contributed by atoms with Gasteiger partial charge in [0.15, 0.2) is 0 Å². The highest BCUT2D eigenvalue weighted by atomic mass is 35.5. The Labute approximate surface area is 106 Å². The average molecular weight is 248 g/mol. The second-order valence-corrected chi connectivity index (χ2v) is 4.16. The maximum absolute atomic E-state index is 5.79. The molecule has 0 aliphatic carbocycles. The van der Waals surface area contributed by atoms with E-state index in [1.807, 2.05) is 30.3 Å². The van der Waals surface area contributed by atoms with Gasteiger partial charge >= 0.3 is 0 Å². The van der Waals surface area contributed by atoms with Gasteiger partial charge in [0, 0.05) is 6.20 Å². The Balaban J connectivity index is 1.73. The molecular weight excluding hydrogens is 234 g/mol. The van der Waals surface area contributed by atoms with Gasteiger partial charge in [-0.2, -0.15) is 0 Å². The number of halogens is 1. The highest BCUT2D eigenvalue weighted by Gasteiger charge is 1.96. The minimum atomic E-state index is 0.508. The summed E-state index contributed by atoms with van der Waals surface area (Å²) in [6, 6.07) is 14.0. The van der Waals surface area contributed by atoms with Crippen molar-refractivity contribution in [1.29, 1.82) is 0 Å². The molecule has 1 heterocycles. The predicted octanol–water partition coefficient (Wildman–Crippen LogP) is 3.49. The highest BCUT2D eigenvalue weighted by molar-refractivity contribution is 6.29. The molecule has 2 rings (SSSR count). The molecular formula is C14H14ClNO. The fourth-order valence-corrected chi connectivity index (χ4v) is 1.75. The standard InChI is InChI=1S/C14H14ClNO/c15-14-10-13(6-8-16-14)11-17-9-7-12-4-2-1-3-5-12/h1-6,8,10H,7,9,11H2. The number of aromatic nitrogens is 1. The van der Waals surface area contributed by atoms with Crippen LogP contribution in [0, 0.1) is 0 Å². The summed E-state index contributed by atoms with van der Waals surface area (Å²) in [5, 5.41) is 0.508. The third kappa shape index (κ3) is 4.17. The van der Waals surface area contributed by atoms with Crippen molar-refractivity contribution in [2.75, 3.05) is 6.61 Å². The normalized spacial score (nSPS) is 10.4. The molecule has 0 saturated carbocycles. The molecule has 0 spiro atoms. The first kappa shape index (κ1) is 12.1. The number of ether oxygens (including phenoxy) is 1. The second-order valence-electron chi connectivity index (χ2n) is 3.77. The SMILES string of the molecule is Clc1cc(COCCc2ccccc2)ccn1. The van der Waals surface area contributed by atoms with Gasteiger partial charge in [-0.15, -0.1) is 0 Å². The van der Waals surface area contributed by atoms with E-state index in [0.29, 0.717) is 18.4 Å². The Kier molecular flexibility index (Phi) is 4.54. The third-order valence-corrected chi connectivity index (χ3v) is 2.64. The lowest BCUT2D eigenvalue weighted by molar-refractivity contribution is 0.124. The molecule has 17 heavy (non-hydrogen) atoms. The summed E-state index contributed by atoms with van der Waals surface area (Å²) in [7, 11) is 0. The van der Waals surface area contributed by atoms with Crippen molar-refractivity contribution in [3.63, 3.8) is 0 Å². The Morgan fingerprint density at radius 2 is 1.88 bits per heavy atom. The summed E-state index contributed by atoms with van der Waals surface area (Å²) < 4.78 is 5.59. The van der Waals surface area contributed by atoms with Crippen molar-refractivity contribution < 1.29 is 4.74 Å². The molecule has 0 aliphatic rings. The zero-order valence-corrected chi connectivity index (χ0v) is 10.2. The van der Waals surface area contributed by atoms with Crippen LogP contribution in [0.5, 0.6) is 0 Å². The van der Waals surface area contributed by atoms with Gasteiger partial charge in [-0.05, 0) is 29.7 Å². The van der Waals surface area contributed by atoms with Crippen LogP contribution in [0.15, 0.2) is 48.7 Å². The van der Waals surface area contributed by atoms with E-state index in [0.717, 1.165) is 12.0 Å². The summed E-state index contributed by atoms with van der Waals surface area (Å²) in [6.07, 6.45) is 2.62. The minimum Gasteiger partial charge on any atom is -0.376 e. The van der Waals surface area contributed by atoms with Gasteiger partial charge in [-0.25, -0.2) is 4.98 Å². The van der Waals surface area contributed by atoms with Crippen molar-refractivity contribution in [3.8, 4) is 0 Å². The third-order valence-electron chi connectivity index (χ3n) is 2.44. The molecule has 0 atom stereocenters. The number of benzene rings is 1. The van der Waals surface area contributed by atoms with E-state index in [4.69, 9.17) is 16.3 Å². The van der Waals surface area contributed by atoms with Crippen LogP contribution < -0.4 is 0 Å². The number of rotatable bonds is 5. The molecule has 0 fully saturated rings. The van der Waals surface area contributed by atoms with Gasteiger partial charge in [0.2, 0.25) is 0 Å². The Morgan fingerprint density at radius 1 is 1.06 bits per heavy atom. The molecule has 2 nitrogen and oxygen atoms in total. The van der Waals surface area contributed by atoms with Crippen LogP contribution >= 0.6 is 11.6 Å².